The Balaban J connectivity index is 1.27. The summed E-state index contributed by atoms with van der Waals surface area (Å²) < 4.78 is 7.59. The standard InChI is InChI=1S/C21H24N4O2/c1-17-6-2-3-8-20(17)27-16-21(26)24-12-10-23(11-13-24)15-18-14-19-7-4-5-9-25(19)22-18/h2-9,14H,10-13,15-16H2,1H3. The zero-order valence-corrected chi connectivity index (χ0v) is 15.5. The van der Waals surface area contributed by atoms with E-state index in [0.29, 0.717) is 0 Å². The van der Waals surface area contributed by atoms with Crippen molar-refractivity contribution >= 4 is 11.4 Å². The fraction of sp³-hybridized carbons (Fsp3) is 0.333. The van der Waals surface area contributed by atoms with Gasteiger partial charge in [-0.15, -0.1) is 0 Å². The molecule has 0 N–H and O–H groups in total. The Morgan fingerprint density at radius 1 is 1.07 bits per heavy atom. The molecule has 140 valence electrons. The van der Waals surface area contributed by atoms with Gasteiger partial charge < -0.3 is 9.64 Å². The second-order valence-corrected chi connectivity index (χ2v) is 6.92. The SMILES string of the molecule is Cc1ccccc1OCC(=O)N1CCN(Cc2cc3ccccn3n2)CC1. The summed E-state index contributed by atoms with van der Waals surface area (Å²) in [5, 5.41) is 4.61. The van der Waals surface area contributed by atoms with Crippen molar-refractivity contribution in [1.82, 2.24) is 19.4 Å². The fourth-order valence-corrected chi connectivity index (χ4v) is 3.40. The molecule has 0 saturated carbocycles. The van der Waals surface area contributed by atoms with E-state index in [4.69, 9.17) is 4.74 Å². The summed E-state index contributed by atoms with van der Waals surface area (Å²) in [6.45, 7) is 6.04. The van der Waals surface area contributed by atoms with Gasteiger partial charge in [0.2, 0.25) is 0 Å². The molecule has 1 saturated heterocycles. The van der Waals surface area contributed by atoms with Crippen molar-refractivity contribution in [1.29, 1.82) is 0 Å². The van der Waals surface area contributed by atoms with Crippen molar-refractivity contribution in [2.45, 2.75) is 13.5 Å². The van der Waals surface area contributed by atoms with Gasteiger partial charge in [0.15, 0.2) is 6.61 Å². The molecule has 0 spiro atoms. The predicted molar refractivity (Wildman–Crippen MR) is 104 cm³/mol. The van der Waals surface area contributed by atoms with Gasteiger partial charge >= 0.3 is 0 Å². The molecule has 27 heavy (non-hydrogen) atoms. The van der Waals surface area contributed by atoms with E-state index in [1.165, 1.54) is 0 Å². The van der Waals surface area contributed by atoms with Crippen LogP contribution >= 0.6 is 0 Å². The van der Waals surface area contributed by atoms with Crippen molar-refractivity contribution in [3.05, 3.63) is 66.0 Å². The van der Waals surface area contributed by atoms with Crippen LogP contribution in [0.1, 0.15) is 11.3 Å². The average Bonchev–Trinajstić information content (AvgIpc) is 3.10. The molecule has 6 nitrogen and oxygen atoms in total. The number of ether oxygens (including phenoxy) is 1. The van der Waals surface area contributed by atoms with Gasteiger partial charge in [-0.3, -0.25) is 9.69 Å². The molecule has 1 aliphatic heterocycles. The highest BCUT2D eigenvalue weighted by molar-refractivity contribution is 5.78. The Kier molecular flexibility index (Phi) is 5.07. The number of pyridine rings is 1. The summed E-state index contributed by atoms with van der Waals surface area (Å²) in [4.78, 5) is 16.7. The van der Waals surface area contributed by atoms with Gasteiger partial charge in [-0.05, 0) is 36.8 Å². The van der Waals surface area contributed by atoms with E-state index in [9.17, 15) is 4.79 Å². The minimum Gasteiger partial charge on any atom is -0.484 e. The Bertz CT molecular complexity index is 896. The lowest BCUT2D eigenvalue weighted by atomic mass is 10.2. The maximum atomic E-state index is 12.4. The third kappa shape index (κ3) is 4.11. The highest BCUT2D eigenvalue weighted by Gasteiger charge is 2.22. The Hall–Kier alpha value is -2.86. The molecule has 0 radical (unpaired) electrons. The monoisotopic (exact) mass is 364 g/mol. The number of amides is 1. The van der Waals surface area contributed by atoms with E-state index in [1.807, 2.05) is 58.9 Å². The highest BCUT2D eigenvalue weighted by atomic mass is 16.5. The molecule has 1 aromatic carbocycles. The number of aromatic nitrogens is 2. The third-order valence-corrected chi connectivity index (χ3v) is 4.98. The number of nitrogens with zero attached hydrogens (tertiary/aromatic N) is 4. The van der Waals surface area contributed by atoms with Crippen LogP contribution in [-0.2, 0) is 11.3 Å². The average molecular weight is 364 g/mol. The highest BCUT2D eigenvalue weighted by Crippen LogP contribution is 2.16. The number of hydrogen-bond acceptors (Lipinski definition) is 4. The van der Waals surface area contributed by atoms with E-state index in [1.54, 1.807) is 0 Å². The van der Waals surface area contributed by atoms with Crippen LogP contribution in [0.15, 0.2) is 54.7 Å². The van der Waals surface area contributed by atoms with E-state index in [2.05, 4.69) is 22.1 Å². The van der Waals surface area contributed by atoms with Crippen LogP contribution in [0, 0.1) is 6.92 Å². The van der Waals surface area contributed by atoms with Crippen LogP contribution in [0.2, 0.25) is 0 Å². The molecule has 3 aromatic rings. The topological polar surface area (TPSA) is 50.1 Å². The van der Waals surface area contributed by atoms with Gasteiger partial charge in [0.25, 0.3) is 5.91 Å². The van der Waals surface area contributed by atoms with Crippen molar-refractivity contribution < 1.29 is 9.53 Å². The van der Waals surface area contributed by atoms with Gasteiger partial charge in [-0.2, -0.15) is 5.10 Å². The van der Waals surface area contributed by atoms with Crippen LogP contribution in [0.25, 0.3) is 5.52 Å². The molecule has 1 amide bonds. The van der Waals surface area contributed by atoms with E-state index in [0.717, 1.165) is 55.2 Å². The van der Waals surface area contributed by atoms with Crippen LogP contribution in [0.4, 0.5) is 0 Å². The Labute approximate surface area is 159 Å². The number of hydrogen-bond donors (Lipinski definition) is 0. The smallest absolute Gasteiger partial charge is 0.260 e. The summed E-state index contributed by atoms with van der Waals surface area (Å²) in [5.41, 5.74) is 3.21. The van der Waals surface area contributed by atoms with Crippen LogP contribution in [-0.4, -0.2) is 58.1 Å². The van der Waals surface area contributed by atoms with Gasteiger partial charge in [0.1, 0.15) is 5.75 Å². The summed E-state index contributed by atoms with van der Waals surface area (Å²) in [6.07, 6.45) is 1.96. The Morgan fingerprint density at radius 2 is 1.85 bits per heavy atom. The minimum absolute atomic E-state index is 0.0469. The summed E-state index contributed by atoms with van der Waals surface area (Å²) >= 11 is 0. The van der Waals surface area contributed by atoms with Gasteiger partial charge in [-0.25, -0.2) is 4.52 Å². The number of fused-ring (bicyclic) bond motifs is 1. The maximum Gasteiger partial charge on any atom is 0.260 e. The van der Waals surface area contributed by atoms with Crippen molar-refractivity contribution in [2.24, 2.45) is 0 Å². The molecule has 2 aromatic heterocycles. The number of piperazine rings is 1. The summed E-state index contributed by atoms with van der Waals surface area (Å²) in [6, 6.07) is 15.9. The predicted octanol–water partition coefficient (Wildman–Crippen LogP) is 2.37. The summed E-state index contributed by atoms with van der Waals surface area (Å²) in [7, 11) is 0. The van der Waals surface area contributed by atoms with Crippen LogP contribution < -0.4 is 4.74 Å². The fourth-order valence-electron chi connectivity index (χ4n) is 3.40. The van der Waals surface area contributed by atoms with Crippen molar-refractivity contribution in [3.63, 3.8) is 0 Å². The number of carbonyl (C=O) groups is 1. The molecule has 1 aliphatic rings. The first-order chi connectivity index (χ1) is 13.2. The molecule has 4 rings (SSSR count). The van der Waals surface area contributed by atoms with Crippen LogP contribution in [0.3, 0.4) is 0 Å². The normalized spacial score (nSPS) is 15.2. The number of rotatable bonds is 5. The van der Waals surface area contributed by atoms with E-state index >= 15 is 0 Å². The third-order valence-electron chi connectivity index (χ3n) is 4.98. The lowest BCUT2D eigenvalue weighted by Crippen LogP contribution is -2.49. The molecule has 3 heterocycles. The lowest BCUT2D eigenvalue weighted by molar-refractivity contribution is -0.135. The number of aryl methyl sites for hydroxylation is 1. The first-order valence-corrected chi connectivity index (χ1v) is 9.31. The number of para-hydroxylation sites is 1. The molecular weight excluding hydrogens is 340 g/mol. The number of benzene rings is 1. The molecule has 0 aliphatic carbocycles. The molecule has 6 heteroatoms. The van der Waals surface area contributed by atoms with Gasteiger partial charge in [0.05, 0.1) is 11.2 Å². The first kappa shape index (κ1) is 17.5. The Morgan fingerprint density at radius 3 is 2.63 bits per heavy atom. The van der Waals surface area contributed by atoms with Crippen molar-refractivity contribution in [2.75, 3.05) is 32.8 Å². The summed E-state index contributed by atoms with van der Waals surface area (Å²) in [5.74, 6) is 0.821. The second-order valence-electron chi connectivity index (χ2n) is 6.92. The van der Waals surface area contributed by atoms with Crippen molar-refractivity contribution in [3.8, 4) is 5.75 Å². The van der Waals surface area contributed by atoms with Gasteiger partial charge in [-0.1, -0.05) is 24.3 Å². The zero-order chi connectivity index (χ0) is 18.6. The first-order valence-electron chi connectivity index (χ1n) is 9.31. The van der Waals surface area contributed by atoms with E-state index in [-0.39, 0.29) is 12.5 Å². The minimum atomic E-state index is 0.0469. The van der Waals surface area contributed by atoms with E-state index < -0.39 is 0 Å². The molecule has 0 bridgehead atoms. The van der Waals surface area contributed by atoms with Crippen LogP contribution in [0.5, 0.6) is 5.75 Å². The number of carbonyl (C=O) groups excluding carboxylic acids is 1. The molecule has 1 fully saturated rings. The maximum absolute atomic E-state index is 12.4. The zero-order valence-electron chi connectivity index (χ0n) is 15.5. The molecular formula is C21H24N4O2. The lowest BCUT2D eigenvalue weighted by Gasteiger charge is -2.34. The molecule has 0 atom stereocenters. The second kappa shape index (κ2) is 7.80. The molecule has 0 unspecified atom stereocenters. The quantitative estimate of drug-likeness (QED) is 0.697. The largest absolute Gasteiger partial charge is 0.484 e. The van der Waals surface area contributed by atoms with Gasteiger partial charge in [0, 0.05) is 38.9 Å².